The lowest BCUT2D eigenvalue weighted by Crippen LogP contribution is -2.16. The van der Waals surface area contributed by atoms with Crippen molar-refractivity contribution >= 4 is 5.82 Å². The molecule has 1 atom stereocenters. The van der Waals surface area contributed by atoms with Gasteiger partial charge in [0, 0.05) is 12.7 Å². The maximum atomic E-state index is 5.48. The molecule has 5 nitrogen and oxygen atoms in total. The van der Waals surface area contributed by atoms with Gasteiger partial charge in [-0.15, -0.1) is 0 Å². The Labute approximate surface area is 82.3 Å². The molecule has 2 N–H and O–H groups in total. The number of nitrogens with zero attached hydrogens (tertiary/aromatic N) is 2. The van der Waals surface area contributed by atoms with Crippen LogP contribution in [0.25, 0.3) is 0 Å². The molecule has 0 spiro atoms. The Balaban J connectivity index is 1.85. The van der Waals surface area contributed by atoms with Crippen LogP contribution in [0.4, 0.5) is 5.82 Å². The zero-order valence-electron chi connectivity index (χ0n) is 7.85. The van der Waals surface area contributed by atoms with Gasteiger partial charge in [0.25, 0.3) is 0 Å². The summed E-state index contributed by atoms with van der Waals surface area (Å²) in [6, 6.07) is 1.61. The highest BCUT2D eigenvalue weighted by Crippen LogP contribution is 2.14. The van der Waals surface area contributed by atoms with Crippen molar-refractivity contribution < 1.29 is 9.47 Å². The average molecular weight is 195 g/mol. The lowest BCUT2D eigenvalue weighted by molar-refractivity contribution is 0.0663. The summed E-state index contributed by atoms with van der Waals surface area (Å²) in [5.41, 5.74) is 5.48. The SMILES string of the molecule is Nc1cc(OCC2CCCO2)ncn1. The predicted octanol–water partition coefficient (Wildman–Crippen LogP) is 0.617. The second kappa shape index (κ2) is 4.23. The van der Waals surface area contributed by atoms with Crippen LogP contribution in [-0.4, -0.2) is 29.3 Å². The minimum absolute atomic E-state index is 0.200. The second-order valence-corrected chi connectivity index (χ2v) is 3.23. The van der Waals surface area contributed by atoms with Gasteiger partial charge in [-0.25, -0.2) is 9.97 Å². The van der Waals surface area contributed by atoms with Crippen molar-refractivity contribution in [1.82, 2.24) is 9.97 Å². The minimum atomic E-state index is 0.200. The monoisotopic (exact) mass is 195 g/mol. The fraction of sp³-hybridized carbons (Fsp3) is 0.556. The predicted molar refractivity (Wildman–Crippen MR) is 50.9 cm³/mol. The summed E-state index contributed by atoms with van der Waals surface area (Å²) in [5.74, 6) is 0.926. The highest BCUT2D eigenvalue weighted by atomic mass is 16.5. The molecule has 1 aliphatic rings. The van der Waals surface area contributed by atoms with E-state index in [2.05, 4.69) is 9.97 Å². The molecule has 0 amide bonds. The van der Waals surface area contributed by atoms with E-state index in [1.807, 2.05) is 0 Å². The molecular formula is C9H13N3O2. The normalized spacial score (nSPS) is 21.0. The van der Waals surface area contributed by atoms with E-state index < -0.39 is 0 Å². The van der Waals surface area contributed by atoms with Gasteiger partial charge in [-0.05, 0) is 12.8 Å². The highest BCUT2D eigenvalue weighted by Gasteiger charge is 2.16. The molecule has 1 fully saturated rings. The van der Waals surface area contributed by atoms with Crippen LogP contribution in [0, 0.1) is 0 Å². The molecule has 1 aliphatic heterocycles. The molecule has 14 heavy (non-hydrogen) atoms. The van der Waals surface area contributed by atoms with Gasteiger partial charge in [-0.3, -0.25) is 0 Å². The average Bonchev–Trinajstić information content (AvgIpc) is 2.67. The first-order valence-electron chi connectivity index (χ1n) is 4.66. The summed E-state index contributed by atoms with van der Waals surface area (Å²) in [7, 11) is 0. The summed E-state index contributed by atoms with van der Waals surface area (Å²) >= 11 is 0. The Kier molecular flexibility index (Phi) is 2.78. The van der Waals surface area contributed by atoms with Crippen molar-refractivity contribution in [2.45, 2.75) is 18.9 Å². The number of rotatable bonds is 3. The van der Waals surface area contributed by atoms with Gasteiger partial charge >= 0.3 is 0 Å². The van der Waals surface area contributed by atoms with Crippen molar-refractivity contribution in [3.05, 3.63) is 12.4 Å². The first-order valence-corrected chi connectivity index (χ1v) is 4.66. The standard InChI is InChI=1S/C9H13N3O2/c10-8-4-9(12-6-11-8)14-5-7-2-1-3-13-7/h4,6-7H,1-3,5H2,(H2,10,11,12). The summed E-state index contributed by atoms with van der Waals surface area (Å²) in [4.78, 5) is 7.71. The Hall–Kier alpha value is -1.36. The van der Waals surface area contributed by atoms with Gasteiger partial charge in [0.05, 0.1) is 6.10 Å². The molecule has 1 unspecified atom stereocenters. The molecule has 1 aromatic heterocycles. The maximum Gasteiger partial charge on any atom is 0.218 e. The van der Waals surface area contributed by atoms with Crippen molar-refractivity contribution in [2.24, 2.45) is 0 Å². The minimum Gasteiger partial charge on any atom is -0.475 e. The van der Waals surface area contributed by atoms with Gasteiger partial charge in [0.15, 0.2) is 0 Å². The molecule has 0 aromatic carbocycles. The molecule has 1 saturated heterocycles. The molecular weight excluding hydrogens is 182 g/mol. The molecule has 5 heteroatoms. The third kappa shape index (κ3) is 2.32. The molecule has 0 bridgehead atoms. The Bertz CT molecular complexity index is 300. The quantitative estimate of drug-likeness (QED) is 0.765. The molecule has 2 rings (SSSR count). The van der Waals surface area contributed by atoms with Gasteiger partial charge < -0.3 is 15.2 Å². The zero-order chi connectivity index (χ0) is 9.80. The first-order chi connectivity index (χ1) is 6.84. The number of ether oxygens (including phenoxy) is 2. The van der Waals surface area contributed by atoms with E-state index in [1.54, 1.807) is 6.07 Å². The second-order valence-electron chi connectivity index (χ2n) is 3.23. The molecule has 1 aromatic rings. The topological polar surface area (TPSA) is 70.3 Å². The van der Waals surface area contributed by atoms with Crippen molar-refractivity contribution in [1.29, 1.82) is 0 Å². The molecule has 0 saturated carbocycles. The van der Waals surface area contributed by atoms with Crippen LogP contribution in [0.1, 0.15) is 12.8 Å². The molecule has 0 aliphatic carbocycles. The van der Waals surface area contributed by atoms with Gasteiger partial charge in [-0.2, -0.15) is 0 Å². The van der Waals surface area contributed by atoms with Gasteiger partial charge in [-0.1, -0.05) is 0 Å². The van der Waals surface area contributed by atoms with Crippen LogP contribution in [0.3, 0.4) is 0 Å². The number of nitrogens with two attached hydrogens (primary N) is 1. The van der Waals surface area contributed by atoms with Crippen LogP contribution in [0.15, 0.2) is 12.4 Å². The van der Waals surface area contributed by atoms with Gasteiger partial charge in [0.2, 0.25) is 5.88 Å². The summed E-state index contributed by atoms with van der Waals surface area (Å²) in [5, 5.41) is 0. The van der Waals surface area contributed by atoms with E-state index in [4.69, 9.17) is 15.2 Å². The van der Waals surface area contributed by atoms with Crippen molar-refractivity contribution in [3.8, 4) is 5.88 Å². The van der Waals surface area contributed by atoms with Crippen LogP contribution in [0.2, 0.25) is 0 Å². The van der Waals surface area contributed by atoms with E-state index in [0.29, 0.717) is 18.3 Å². The Morgan fingerprint density at radius 2 is 2.50 bits per heavy atom. The number of hydrogen-bond acceptors (Lipinski definition) is 5. The molecule has 0 radical (unpaired) electrons. The van der Waals surface area contributed by atoms with E-state index in [-0.39, 0.29) is 6.10 Å². The fourth-order valence-corrected chi connectivity index (χ4v) is 1.39. The summed E-state index contributed by atoms with van der Waals surface area (Å²) in [6.45, 7) is 1.37. The Morgan fingerprint density at radius 3 is 3.21 bits per heavy atom. The third-order valence-corrected chi connectivity index (χ3v) is 2.10. The van der Waals surface area contributed by atoms with Crippen LogP contribution in [0.5, 0.6) is 5.88 Å². The fourth-order valence-electron chi connectivity index (χ4n) is 1.39. The van der Waals surface area contributed by atoms with E-state index >= 15 is 0 Å². The smallest absolute Gasteiger partial charge is 0.218 e. The number of hydrogen-bond donors (Lipinski definition) is 1. The van der Waals surface area contributed by atoms with Crippen molar-refractivity contribution in [3.63, 3.8) is 0 Å². The van der Waals surface area contributed by atoms with Gasteiger partial charge in [0.1, 0.15) is 18.8 Å². The number of aromatic nitrogens is 2. The van der Waals surface area contributed by atoms with Crippen LogP contribution >= 0.6 is 0 Å². The zero-order valence-corrected chi connectivity index (χ0v) is 7.85. The first kappa shape index (κ1) is 9.21. The number of nitrogen functional groups attached to an aromatic ring is 1. The Morgan fingerprint density at radius 1 is 1.57 bits per heavy atom. The van der Waals surface area contributed by atoms with Crippen LogP contribution in [-0.2, 0) is 4.74 Å². The maximum absolute atomic E-state index is 5.48. The van der Waals surface area contributed by atoms with Crippen LogP contribution < -0.4 is 10.5 Å². The van der Waals surface area contributed by atoms with E-state index in [9.17, 15) is 0 Å². The molecule has 76 valence electrons. The number of anilines is 1. The highest BCUT2D eigenvalue weighted by molar-refractivity contribution is 5.30. The van der Waals surface area contributed by atoms with Crippen molar-refractivity contribution in [2.75, 3.05) is 18.9 Å². The van der Waals surface area contributed by atoms with E-state index in [1.165, 1.54) is 6.33 Å². The lowest BCUT2D eigenvalue weighted by atomic mass is 10.2. The molecule has 2 heterocycles. The largest absolute Gasteiger partial charge is 0.475 e. The third-order valence-electron chi connectivity index (χ3n) is 2.10. The lowest BCUT2D eigenvalue weighted by Gasteiger charge is -2.10. The summed E-state index contributed by atoms with van der Waals surface area (Å²) in [6.07, 6.45) is 3.76. The summed E-state index contributed by atoms with van der Waals surface area (Å²) < 4.78 is 10.8. The van der Waals surface area contributed by atoms with E-state index in [0.717, 1.165) is 19.4 Å².